The van der Waals surface area contributed by atoms with Crippen molar-refractivity contribution >= 4 is 11.7 Å². The van der Waals surface area contributed by atoms with Gasteiger partial charge in [0, 0.05) is 31.7 Å². The Morgan fingerprint density at radius 3 is 2.78 bits per heavy atom. The quantitative estimate of drug-likeness (QED) is 0.863. The van der Waals surface area contributed by atoms with E-state index in [1.165, 1.54) is 6.07 Å². The first-order valence-electron chi connectivity index (χ1n) is 9.55. The van der Waals surface area contributed by atoms with Crippen LogP contribution in [-0.2, 0) is 0 Å². The van der Waals surface area contributed by atoms with Gasteiger partial charge in [-0.1, -0.05) is 6.92 Å². The van der Waals surface area contributed by atoms with E-state index >= 15 is 0 Å². The molecule has 1 aromatic heterocycles. The van der Waals surface area contributed by atoms with Gasteiger partial charge >= 0.3 is 6.18 Å². The SMILES string of the molecule is CC[C@@H]1C[C@H](C(F)(F)F)n2nc(C(=O)N3CCCC(CN(C)C)C3)cc2N1. The molecule has 0 saturated carbocycles. The molecule has 3 heterocycles. The van der Waals surface area contributed by atoms with Gasteiger partial charge in [-0.2, -0.15) is 18.3 Å². The maximum atomic E-state index is 13.5. The average Bonchev–Trinajstić information content (AvgIpc) is 3.02. The summed E-state index contributed by atoms with van der Waals surface area (Å²) in [7, 11) is 3.99. The number of likely N-dealkylation sites (tertiary alicyclic amines) is 1. The zero-order chi connectivity index (χ0) is 19.8. The number of hydrogen-bond acceptors (Lipinski definition) is 4. The number of fused-ring (bicyclic) bond motifs is 1. The fourth-order valence-electron chi connectivity index (χ4n) is 4.10. The molecular formula is C18H28F3N5O. The van der Waals surface area contributed by atoms with E-state index in [9.17, 15) is 18.0 Å². The Morgan fingerprint density at radius 1 is 1.41 bits per heavy atom. The molecule has 9 heteroatoms. The van der Waals surface area contributed by atoms with Crippen molar-refractivity contribution in [2.45, 2.75) is 50.9 Å². The number of alkyl halides is 3. The molecule has 3 atom stereocenters. The van der Waals surface area contributed by atoms with E-state index in [0.717, 1.165) is 24.1 Å². The minimum absolute atomic E-state index is 0.0725. The molecule has 6 nitrogen and oxygen atoms in total. The fourth-order valence-corrected chi connectivity index (χ4v) is 4.10. The molecule has 3 rings (SSSR count). The first-order valence-corrected chi connectivity index (χ1v) is 9.55. The van der Waals surface area contributed by atoms with E-state index in [2.05, 4.69) is 15.3 Å². The third-order valence-electron chi connectivity index (χ3n) is 5.41. The first-order chi connectivity index (χ1) is 12.7. The van der Waals surface area contributed by atoms with Crippen LogP contribution in [0.25, 0.3) is 0 Å². The summed E-state index contributed by atoms with van der Waals surface area (Å²) in [6.07, 6.45) is -1.93. The Kier molecular flexibility index (Phi) is 5.69. The van der Waals surface area contributed by atoms with Crippen LogP contribution in [0.1, 0.15) is 49.1 Å². The fraction of sp³-hybridized carbons (Fsp3) is 0.778. The van der Waals surface area contributed by atoms with Crippen LogP contribution in [0, 0.1) is 5.92 Å². The van der Waals surface area contributed by atoms with E-state index in [1.54, 1.807) is 4.90 Å². The first kappa shape index (κ1) is 20.0. The molecule has 0 aliphatic carbocycles. The van der Waals surface area contributed by atoms with Crippen molar-refractivity contribution in [2.75, 3.05) is 39.0 Å². The molecule has 1 saturated heterocycles. The van der Waals surface area contributed by atoms with Crippen molar-refractivity contribution in [3.05, 3.63) is 11.8 Å². The molecule has 1 fully saturated rings. The summed E-state index contributed by atoms with van der Waals surface area (Å²) < 4.78 is 41.4. The number of carbonyl (C=O) groups excluding carboxylic acids is 1. The van der Waals surface area contributed by atoms with E-state index < -0.39 is 12.2 Å². The van der Waals surface area contributed by atoms with Crippen molar-refractivity contribution in [3.8, 4) is 0 Å². The molecule has 1 amide bonds. The van der Waals surface area contributed by atoms with Crippen LogP contribution in [0.3, 0.4) is 0 Å². The lowest BCUT2D eigenvalue weighted by Gasteiger charge is -2.33. The number of halogens is 3. The lowest BCUT2D eigenvalue weighted by molar-refractivity contribution is -0.173. The average molecular weight is 387 g/mol. The van der Waals surface area contributed by atoms with E-state index in [4.69, 9.17) is 0 Å². The summed E-state index contributed by atoms with van der Waals surface area (Å²) >= 11 is 0. The number of amides is 1. The van der Waals surface area contributed by atoms with Crippen molar-refractivity contribution < 1.29 is 18.0 Å². The van der Waals surface area contributed by atoms with E-state index in [1.807, 2.05) is 21.0 Å². The van der Waals surface area contributed by atoms with Crippen LogP contribution in [0.2, 0.25) is 0 Å². The molecule has 2 aliphatic rings. The standard InChI is InChI=1S/C18H28F3N5O/c1-4-13-8-15(18(19,20)21)26-16(22-13)9-14(23-26)17(27)25-7-5-6-12(11-25)10-24(2)3/h9,12-13,15,22H,4-8,10-11H2,1-3H3/t12?,13-,15-/m1/s1. The monoisotopic (exact) mass is 387 g/mol. The molecule has 152 valence electrons. The molecule has 1 N–H and O–H groups in total. The van der Waals surface area contributed by atoms with Crippen LogP contribution in [0.15, 0.2) is 6.07 Å². The van der Waals surface area contributed by atoms with Crippen LogP contribution in [0.4, 0.5) is 19.0 Å². The zero-order valence-electron chi connectivity index (χ0n) is 16.1. The number of anilines is 1. The normalized spacial score (nSPS) is 26.0. The van der Waals surface area contributed by atoms with Crippen molar-refractivity contribution in [2.24, 2.45) is 5.92 Å². The Labute approximate surface area is 157 Å². The second kappa shape index (κ2) is 7.69. The van der Waals surface area contributed by atoms with Gasteiger partial charge in [-0.05, 0) is 45.7 Å². The Morgan fingerprint density at radius 2 is 2.15 bits per heavy atom. The minimum Gasteiger partial charge on any atom is -0.367 e. The highest BCUT2D eigenvalue weighted by Gasteiger charge is 2.46. The molecular weight excluding hydrogens is 359 g/mol. The maximum absolute atomic E-state index is 13.5. The van der Waals surface area contributed by atoms with Gasteiger partial charge in [0.2, 0.25) is 0 Å². The minimum atomic E-state index is -4.39. The third-order valence-corrected chi connectivity index (χ3v) is 5.41. The molecule has 0 spiro atoms. The summed E-state index contributed by atoms with van der Waals surface area (Å²) in [6, 6.07) is -0.496. The van der Waals surface area contributed by atoms with Crippen LogP contribution in [-0.4, -0.2) is 71.4 Å². The summed E-state index contributed by atoms with van der Waals surface area (Å²) in [5, 5.41) is 7.15. The summed E-state index contributed by atoms with van der Waals surface area (Å²) in [6.45, 7) is 3.98. The van der Waals surface area contributed by atoms with Gasteiger partial charge in [0.05, 0.1) is 0 Å². The maximum Gasteiger partial charge on any atom is 0.410 e. The van der Waals surface area contributed by atoms with Gasteiger partial charge in [-0.15, -0.1) is 0 Å². The number of rotatable bonds is 4. The van der Waals surface area contributed by atoms with Crippen molar-refractivity contribution in [3.63, 3.8) is 0 Å². The largest absolute Gasteiger partial charge is 0.410 e. The predicted molar refractivity (Wildman–Crippen MR) is 96.8 cm³/mol. The molecule has 27 heavy (non-hydrogen) atoms. The topological polar surface area (TPSA) is 53.4 Å². The third kappa shape index (κ3) is 4.39. The lowest BCUT2D eigenvalue weighted by Crippen LogP contribution is -2.43. The number of aromatic nitrogens is 2. The van der Waals surface area contributed by atoms with Gasteiger partial charge < -0.3 is 15.1 Å². The van der Waals surface area contributed by atoms with Gasteiger partial charge in [-0.25, -0.2) is 4.68 Å². The molecule has 1 unspecified atom stereocenters. The molecule has 0 aromatic carbocycles. The Balaban J connectivity index is 1.80. The van der Waals surface area contributed by atoms with Crippen LogP contribution in [0.5, 0.6) is 0 Å². The lowest BCUT2D eigenvalue weighted by atomic mass is 9.97. The zero-order valence-corrected chi connectivity index (χ0v) is 16.1. The van der Waals surface area contributed by atoms with Crippen molar-refractivity contribution in [1.29, 1.82) is 0 Å². The number of hydrogen-bond donors (Lipinski definition) is 1. The molecule has 0 radical (unpaired) electrons. The van der Waals surface area contributed by atoms with E-state index in [-0.39, 0.29) is 29.9 Å². The molecule has 2 aliphatic heterocycles. The smallest absolute Gasteiger partial charge is 0.367 e. The molecule has 0 bridgehead atoms. The van der Waals surface area contributed by atoms with Crippen molar-refractivity contribution in [1.82, 2.24) is 19.6 Å². The summed E-state index contributed by atoms with van der Waals surface area (Å²) in [4.78, 5) is 16.7. The van der Waals surface area contributed by atoms with Gasteiger partial charge in [0.1, 0.15) is 5.82 Å². The van der Waals surface area contributed by atoms with Gasteiger partial charge in [-0.3, -0.25) is 4.79 Å². The highest BCUT2D eigenvalue weighted by Crippen LogP contribution is 2.40. The van der Waals surface area contributed by atoms with Gasteiger partial charge in [0.25, 0.3) is 5.91 Å². The Bertz CT molecular complexity index is 672. The number of piperidine rings is 1. The molecule has 1 aromatic rings. The van der Waals surface area contributed by atoms with Gasteiger partial charge in [0.15, 0.2) is 11.7 Å². The number of nitrogens with zero attached hydrogens (tertiary/aromatic N) is 4. The number of nitrogens with one attached hydrogen (secondary N) is 1. The Hall–Kier alpha value is -1.77. The van der Waals surface area contributed by atoms with Crippen LogP contribution < -0.4 is 5.32 Å². The summed E-state index contributed by atoms with van der Waals surface area (Å²) in [5.74, 6) is 0.372. The summed E-state index contributed by atoms with van der Waals surface area (Å²) in [5.41, 5.74) is 0.0917. The van der Waals surface area contributed by atoms with E-state index in [0.29, 0.717) is 25.4 Å². The second-order valence-corrected chi connectivity index (χ2v) is 7.92. The highest BCUT2D eigenvalue weighted by atomic mass is 19.4. The predicted octanol–water partition coefficient (Wildman–Crippen LogP) is 2.99. The highest BCUT2D eigenvalue weighted by molar-refractivity contribution is 5.93. The number of carbonyl (C=O) groups is 1. The van der Waals surface area contributed by atoms with Crippen LogP contribution >= 0.6 is 0 Å². The second-order valence-electron chi connectivity index (χ2n) is 7.92.